The van der Waals surface area contributed by atoms with Crippen LogP contribution in [0.3, 0.4) is 0 Å². The summed E-state index contributed by atoms with van der Waals surface area (Å²) >= 11 is 0. The molecule has 2 heteroatoms. The van der Waals surface area contributed by atoms with Gasteiger partial charge in [-0.05, 0) is 18.4 Å². The molecule has 1 aromatic rings. The van der Waals surface area contributed by atoms with Gasteiger partial charge in [0.05, 0.1) is 0 Å². The lowest BCUT2D eigenvalue weighted by molar-refractivity contribution is 0.597. The Balaban J connectivity index is 2.33. The predicted molar refractivity (Wildman–Crippen MR) is 56.2 cm³/mol. The van der Waals surface area contributed by atoms with Gasteiger partial charge < -0.3 is 0 Å². The molecule has 0 radical (unpaired) electrons. The van der Waals surface area contributed by atoms with Crippen molar-refractivity contribution in [3.05, 3.63) is 30.1 Å². The molecule has 0 N–H and O–H groups in total. The second-order valence-corrected chi connectivity index (χ2v) is 3.50. The van der Waals surface area contributed by atoms with Crippen molar-refractivity contribution in [2.75, 3.05) is 6.54 Å². The SMILES string of the molecule is CC(C)CCN=Cc1cccnc1. The molecular weight excluding hydrogens is 160 g/mol. The van der Waals surface area contributed by atoms with Gasteiger partial charge in [0.1, 0.15) is 0 Å². The van der Waals surface area contributed by atoms with E-state index in [0.29, 0.717) is 0 Å². The molecule has 0 aliphatic rings. The maximum absolute atomic E-state index is 4.32. The Kier molecular flexibility index (Phi) is 4.16. The zero-order chi connectivity index (χ0) is 9.52. The summed E-state index contributed by atoms with van der Waals surface area (Å²) in [6, 6.07) is 3.93. The topological polar surface area (TPSA) is 25.2 Å². The Morgan fingerprint density at radius 3 is 3.00 bits per heavy atom. The zero-order valence-corrected chi connectivity index (χ0v) is 8.27. The summed E-state index contributed by atoms with van der Waals surface area (Å²) in [7, 11) is 0. The first-order valence-electron chi connectivity index (χ1n) is 4.69. The fraction of sp³-hybridized carbons (Fsp3) is 0.455. The second kappa shape index (κ2) is 5.46. The highest BCUT2D eigenvalue weighted by atomic mass is 14.7. The Bertz CT molecular complexity index is 252. The summed E-state index contributed by atoms with van der Waals surface area (Å²) < 4.78 is 0. The second-order valence-electron chi connectivity index (χ2n) is 3.50. The normalized spacial score (nSPS) is 11.3. The summed E-state index contributed by atoms with van der Waals surface area (Å²) in [5, 5.41) is 0. The van der Waals surface area contributed by atoms with E-state index in [0.717, 1.165) is 24.4 Å². The quantitative estimate of drug-likeness (QED) is 0.647. The largest absolute Gasteiger partial charge is 0.292 e. The third-order valence-electron chi connectivity index (χ3n) is 1.76. The van der Waals surface area contributed by atoms with Crippen LogP contribution in [0.2, 0.25) is 0 Å². The van der Waals surface area contributed by atoms with E-state index in [1.807, 2.05) is 24.5 Å². The van der Waals surface area contributed by atoms with E-state index in [4.69, 9.17) is 0 Å². The fourth-order valence-corrected chi connectivity index (χ4v) is 0.955. The Morgan fingerprint density at radius 1 is 1.54 bits per heavy atom. The van der Waals surface area contributed by atoms with Gasteiger partial charge in [-0.2, -0.15) is 0 Å². The number of rotatable bonds is 4. The first-order chi connectivity index (χ1) is 6.29. The van der Waals surface area contributed by atoms with Crippen LogP contribution >= 0.6 is 0 Å². The maximum Gasteiger partial charge on any atom is 0.0391 e. The van der Waals surface area contributed by atoms with Crippen LogP contribution in [-0.2, 0) is 0 Å². The van der Waals surface area contributed by atoms with Gasteiger partial charge >= 0.3 is 0 Å². The molecule has 0 aliphatic carbocycles. The molecular formula is C11H16N2. The van der Waals surface area contributed by atoms with Crippen LogP contribution in [0.15, 0.2) is 29.5 Å². The molecule has 0 fully saturated rings. The third kappa shape index (κ3) is 4.41. The summed E-state index contributed by atoms with van der Waals surface area (Å²) in [5.41, 5.74) is 1.08. The van der Waals surface area contributed by atoms with Crippen molar-refractivity contribution >= 4 is 6.21 Å². The summed E-state index contributed by atoms with van der Waals surface area (Å²) in [6.45, 7) is 5.33. The third-order valence-corrected chi connectivity index (χ3v) is 1.76. The first kappa shape index (κ1) is 9.90. The standard InChI is InChI=1S/C11H16N2/c1-10(2)5-7-13-9-11-4-3-6-12-8-11/h3-4,6,8-10H,5,7H2,1-2H3. The van der Waals surface area contributed by atoms with E-state index >= 15 is 0 Å². The molecule has 1 heterocycles. The maximum atomic E-state index is 4.32. The highest BCUT2D eigenvalue weighted by molar-refractivity contribution is 5.78. The van der Waals surface area contributed by atoms with E-state index in [2.05, 4.69) is 23.8 Å². The van der Waals surface area contributed by atoms with Gasteiger partial charge in [-0.15, -0.1) is 0 Å². The Labute approximate surface area is 79.7 Å². The van der Waals surface area contributed by atoms with Gasteiger partial charge in [0.25, 0.3) is 0 Å². The van der Waals surface area contributed by atoms with Gasteiger partial charge in [-0.3, -0.25) is 9.98 Å². The van der Waals surface area contributed by atoms with E-state index in [1.165, 1.54) is 0 Å². The molecule has 0 atom stereocenters. The monoisotopic (exact) mass is 176 g/mol. The van der Waals surface area contributed by atoms with Crippen LogP contribution in [0.1, 0.15) is 25.8 Å². The lowest BCUT2D eigenvalue weighted by Gasteiger charge is -1.98. The molecule has 1 rings (SSSR count). The van der Waals surface area contributed by atoms with Crippen molar-refractivity contribution in [3.8, 4) is 0 Å². The minimum atomic E-state index is 0.728. The van der Waals surface area contributed by atoms with E-state index in [9.17, 15) is 0 Å². The number of pyridine rings is 1. The molecule has 0 spiro atoms. The molecule has 0 saturated heterocycles. The molecule has 0 saturated carbocycles. The first-order valence-corrected chi connectivity index (χ1v) is 4.69. The fourth-order valence-electron chi connectivity index (χ4n) is 0.955. The van der Waals surface area contributed by atoms with Crippen LogP contribution in [-0.4, -0.2) is 17.7 Å². The van der Waals surface area contributed by atoms with Gasteiger partial charge in [-0.1, -0.05) is 19.9 Å². The van der Waals surface area contributed by atoms with Gasteiger partial charge in [0, 0.05) is 30.7 Å². The number of aromatic nitrogens is 1. The molecule has 0 unspecified atom stereocenters. The highest BCUT2D eigenvalue weighted by Crippen LogP contribution is 1.98. The molecule has 1 aromatic heterocycles. The molecule has 0 bridgehead atoms. The van der Waals surface area contributed by atoms with Crippen molar-refractivity contribution in [2.45, 2.75) is 20.3 Å². The smallest absolute Gasteiger partial charge is 0.0391 e. The number of hydrogen-bond donors (Lipinski definition) is 0. The van der Waals surface area contributed by atoms with Crippen LogP contribution < -0.4 is 0 Å². The van der Waals surface area contributed by atoms with Gasteiger partial charge in [-0.25, -0.2) is 0 Å². The lowest BCUT2D eigenvalue weighted by Crippen LogP contribution is -1.91. The van der Waals surface area contributed by atoms with Gasteiger partial charge in [0.2, 0.25) is 0 Å². The summed E-state index contributed by atoms with van der Waals surface area (Å²) in [5.74, 6) is 0.728. The molecule has 2 nitrogen and oxygen atoms in total. The summed E-state index contributed by atoms with van der Waals surface area (Å²) in [4.78, 5) is 8.32. The van der Waals surface area contributed by atoms with Crippen LogP contribution in [0.5, 0.6) is 0 Å². The molecule has 0 aliphatic heterocycles. The average molecular weight is 176 g/mol. The molecule has 70 valence electrons. The van der Waals surface area contributed by atoms with Crippen molar-refractivity contribution < 1.29 is 0 Å². The number of hydrogen-bond acceptors (Lipinski definition) is 2. The number of aliphatic imine (C=N–C) groups is 1. The molecule has 0 aromatic carbocycles. The molecule has 13 heavy (non-hydrogen) atoms. The van der Waals surface area contributed by atoms with E-state index in [-0.39, 0.29) is 0 Å². The van der Waals surface area contributed by atoms with Crippen LogP contribution in [0, 0.1) is 5.92 Å². The minimum absolute atomic E-state index is 0.728. The van der Waals surface area contributed by atoms with Crippen molar-refractivity contribution in [2.24, 2.45) is 10.9 Å². The van der Waals surface area contributed by atoms with Crippen molar-refractivity contribution in [1.82, 2.24) is 4.98 Å². The van der Waals surface area contributed by atoms with Crippen LogP contribution in [0.25, 0.3) is 0 Å². The lowest BCUT2D eigenvalue weighted by atomic mass is 10.1. The molecule has 0 amide bonds. The number of nitrogens with zero attached hydrogens (tertiary/aromatic N) is 2. The average Bonchev–Trinajstić information content (AvgIpc) is 2.14. The Morgan fingerprint density at radius 2 is 2.38 bits per heavy atom. The zero-order valence-electron chi connectivity index (χ0n) is 8.27. The minimum Gasteiger partial charge on any atom is -0.292 e. The van der Waals surface area contributed by atoms with Gasteiger partial charge in [0.15, 0.2) is 0 Å². The van der Waals surface area contributed by atoms with E-state index in [1.54, 1.807) is 6.20 Å². The van der Waals surface area contributed by atoms with E-state index < -0.39 is 0 Å². The highest BCUT2D eigenvalue weighted by Gasteiger charge is 1.90. The predicted octanol–water partition coefficient (Wildman–Crippen LogP) is 2.55. The Hall–Kier alpha value is -1.18. The van der Waals surface area contributed by atoms with Crippen LogP contribution in [0.4, 0.5) is 0 Å². The van der Waals surface area contributed by atoms with Crippen molar-refractivity contribution in [3.63, 3.8) is 0 Å². The summed E-state index contributed by atoms with van der Waals surface area (Å²) in [6.07, 6.45) is 6.62. The van der Waals surface area contributed by atoms with Crippen molar-refractivity contribution in [1.29, 1.82) is 0 Å².